The number of carbonyl (C=O) groups is 2. The fraction of sp³-hybridized carbons (Fsp3) is 0.800. The van der Waals surface area contributed by atoms with Crippen molar-refractivity contribution in [3.63, 3.8) is 0 Å². The molecule has 1 aliphatic heterocycles. The first-order valence-electron chi connectivity index (χ1n) is 4.86. The molecule has 0 bridgehead atoms. The number of carbonyl (C=O) groups excluding carboxylic acids is 2. The highest BCUT2D eigenvalue weighted by molar-refractivity contribution is 5.80. The maximum absolute atomic E-state index is 11.1. The number of ketones is 1. The van der Waals surface area contributed by atoms with Crippen LogP contribution in [0.2, 0.25) is 0 Å². The van der Waals surface area contributed by atoms with E-state index in [0.29, 0.717) is 0 Å². The lowest BCUT2D eigenvalue weighted by atomic mass is 10.0. The molecule has 1 rings (SSSR count). The first-order valence-corrected chi connectivity index (χ1v) is 4.86. The Hall–Kier alpha value is -0.900. The van der Waals surface area contributed by atoms with Gasteiger partial charge >= 0.3 is 5.97 Å². The minimum absolute atomic E-state index is 0.0413. The molecule has 2 atom stereocenters. The first kappa shape index (κ1) is 11.2. The van der Waals surface area contributed by atoms with Crippen LogP contribution in [0.4, 0.5) is 0 Å². The molecule has 0 unspecified atom stereocenters. The number of esters is 1. The van der Waals surface area contributed by atoms with Crippen molar-refractivity contribution in [3.8, 4) is 0 Å². The lowest BCUT2D eigenvalue weighted by molar-refractivity contribution is -0.151. The van der Waals surface area contributed by atoms with Gasteiger partial charge < -0.3 is 9.47 Å². The minimum Gasteiger partial charge on any atom is -0.469 e. The summed E-state index contributed by atoms with van der Waals surface area (Å²) < 4.78 is 10.0. The fourth-order valence-electron chi connectivity index (χ4n) is 1.62. The van der Waals surface area contributed by atoms with Crippen molar-refractivity contribution >= 4 is 11.8 Å². The highest BCUT2D eigenvalue weighted by Crippen LogP contribution is 2.21. The van der Waals surface area contributed by atoms with Crippen LogP contribution in [-0.4, -0.2) is 31.1 Å². The molecule has 1 aliphatic rings. The highest BCUT2D eigenvalue weighted by Gasteiger charge is 2.26. The van der Waals surface area contributed by atoms with Crippen LogP contribution in [0.5, 0.6) is 0 Å². The van der Waals surface area contributed by atoms with Gasteiger partial charge in [-0.25, -0.2) is 0 Å². The van der Waals surface area contributed by atoms with Crippen LogP contribution in [-0.2, 0) is 19.1 Å². The number of ether oxygens (including phenoxy) is 2. The molecule has 1 saturated heterocycles. The van der Waals surface area contributed by atoms with Gasteiger partial charge in [-0.05, 0) is 26.2 Å². The van der Waals surface area contributed by atoms with Crippen molar-refractivity contribution in [2.75, 3.05) is 7.11 Å². The summed E-state index contributed by atoms with van der Waals surface area (Å²) in [7, 11) is 1.35. The zero-order chi connectivity index (χ0) is 10.6. The molecule has 1 heterocycles. The summed E-state index contributed by atoms with van der Waals surface area (Å²) in [6, 6.07) is 0. The normalized spacial score (nSPS) is 27.0. The van der Waals surface area contributed by atoms with Crippen molar-refractivity contribution in [1.29, 1.82) is 0 Å². The topological polar surface area (TPSA) is 52.6 Å². The molecule has 0 aromatic heterocycles. The van der Waals surface area contributed by atoms with Gasteiger partial charge in [0, 0.05) is 0 Å². The molecule has 80 valence electrons. The first-order chi connectivity index (χ1) is 6.63. The van der Waals surface area contributed by atoms with E-state index >= 15 is 0 Å². The second-order valence-corrected chi connectivity index (χ2v) is 3.57. The zero-order valence-electron chi connectivity index (χ0n) is 8.62. The molecule has 0 spiro atoms. The fourth-order valence-corrected chi connectivity index (χ4v) is 1.62. The minimum atomic E-state index is -0.321. The molecule has 14 heavy (non-hydrogen) atoms. The molecule has 0 aromatic rings. The van der Waals surface area contributed by atoms with Crippen LogP contribution in [0, 0.1) is 0 Å². The van der Waals surface area contributed by atoms with E-state index in [1.807, 2.05) is 0 Å². The molecular weight excluding hydrogens is 184 g/mol. The van der Waals surface area contributed by atoms with Crippen molar-refractivity contribution in [2.24, 2.45) is 0 Å². The van der Waals surface area contributed by atoms with Gasteiger partial charge in [0.25, 0.3) is 0 Å². The quantitative estimate of drug-likeness (QED) is 0.639. The lowest BCUT2D eigenvalue weighted by Crippen LogP contribution is -2.33. The highest BCUT2D eigenvalue weighted by atomic mass is 16.5. The van der Waals surface area contributed by atoms with Crippen molar-refractivity contribution in [1.82, 2.24) is 0 Å². The van der Waals surface area contributed by atoms with E-state index in [1.54, 1.807) is 0 Å². The average Bonchev–Trinajstić information content (AvgIpc) is 2.18. The standard InChI is InChI=1S/C10H16O4/c1-7(11)9-5-3-4-8(14-9)6-10(12)13-2/h8-9H,3-6H2,1-2H3/t8-,9+/m1/s1. The van der Waals surface area contributed by atoms with Gasteiger partial charge in [-0.15, -0.1) is 0 Å². The Morgan fingerprint density at radius 2 is 2.14 bits per heavy atom. The van der Waals surface area contributed by atoms with E-state index in [2.05, 4.69) is 4.74 Å². The third kappa shape index (κ3) is 3.10. The maximum Gasteiger partial charge on any atom is 0.308 e. The molecule has 4 heteroatoms. The molecule has 0 N–H and O–H groups in total. The van der Waals surface area contributed by atoms with E-state index in [-0.39, 0.29) is 30.4 Å². The molecule has 1 fully saturated rings. The second kappa shape index (κ2) is 5.10. The van der Waals surface area contributed by atoms with Gasteiger partial charge in [0.05, 0.1) is 19.6 Å². The van der Waals surface area contributed by atoms with E-state index in [0.717, 1.165) is 19.3 Å². The SMILES string of the molecule is COC(=O)C[C@H]1CCC[C@@H](C(C)=O)O1. The summed E-state index contributed by atoms with van der Waals surface area (Å²) in [6.45, 7) is 1.52. The number of Topliss-reactive ketones (excluding diaryl/α,β-unsaturated/α-hetero) is 1. The van der Waals surface area contributed by atoms with Crippen molar-refractivity contribution in [2.45, 2.75) is 44.8 Å². The Bertz CT molecular complexity index is 224. The van der Waals surface area contributed by atoms with Crippen LogP contribution >= 0.6 is 0 Å². The van der Waals surface area contributed by atoms with E-state index in [9.17, 15) is 9.59 Å². The summed E-state index contributed by atoms with van der Waals surface area (Å²) in [5.74, 6) is -0.237. The third-order valence-electron chi connectivity index (χ3n) is 2.42. The number of methoxy groups -OCH3 is 1. The Balaban J connectivity index is 2.40. The van der Waals surface area contributed by atoms with Gasteiger partial charge in [0.1, 0.15) is 6.10 Å². The molecular formula is C10H16O4. The number of hydrogen-bond donors (Lipinski definition) is 0. The largest absolute Gasteiger partial charge is 0.469 e. The predicted octanol–water partition coefficient (Wildman–Crippen LogP) is 1.08. The third-order valence-corrected chi connectivity index (χ3v) is 2.42. The molecule has 0 amide bonds. The summed E-state index contributed by atoms with van der Waals surface area (Å²) in [5.41, 5.74) is 0. The van der Waals surface area contributed by atoms with Crippen LogP contribution in [0.25, 0.3) is 0 Å². The van der Waals surface area contributed by atoms with E-state index in [4.69, 9.17) is 4.74 Å². The van der Waals surface area contributed by atoms with E-state index in [1.165, 1.54) is 14.0 Å². The van der Waals surface area contributed by atoms with Gasteiger partial charge in [-0.3, -0.25) is 9.59 Å². The Labute approximate surface area is 83.6 Å². The molecule has 4 nitrogen and oxygen atoms in total. The van der Waals surface area contributed by atoms with Gasteiger partial charge in [0.15, 0.2) is 5.78 Å². The molecule has 0 saturated carbocycles. The summed E-state index contributed by atoms with van der Waals surface area (Å²) in [5, 5.41) is 0. The number of hydrogen-bond acceptors (Lipinski definition) is 4. The zero-order valence-corrected chi connectivity index (χ0v) is 8.62. The molecule has 0 aliphatic carbocycles. The smallest absolute Gasteiger partial charge is 0.308 e. The van der Waals surface area contributed by atoms with Crippen LogP contribution in [0.1, 0.15) is 32.6 Å². The summed E-state index contributed by atoms with van der Waals surface area (Å²) in [6.07, 6.45) is 2.32. The van der Waals surface area contributed by atoms with Crippen LogP contribution in [0.3, 0.4) is 0 Å². The Kier molecular flexibility index (Phi) is 4.07. The van der Waals surface area contributed by atoms with Crippen LogP contribution < -0.4 is 0 Å². The second-order valence-electron chi connectivity index (χ2n) is 3.57. The predicted molar refractivity (Wildman–Crippen MR) is 49.8 cm³/mol. The van der Waals surface area contributed by atoms with Crippen molar-refractivity contribution < 1.29 is 19.1 Å². The van der Waals surface area contributed by atoms with Gasteiger partial charge in [-0.2, -0.15) is 0 Å². The van der Waals surface area contributed by atoms with Gasteiger partial charge in [0.2, 0.25) is 0 Å². The van der Waals surface area contributed by atoms with Crippen molar-refractivity contribution in [3.05, 3.63) is 0 Å². The summed E-state index contributed by atoms with van der Waals surface area (Å²) >= 11 is 0. The Morgan fingerprint density at radius 1 is 1.43 bits per heavy atom. The van der Waals surface area contributed by atoms with Gasteiger partial charge in [-0.1, -0.05) is 0 Å². The van der Waals surface area contributed by atoms with E-state index < -0.39 is 0 Å². The lowest BCUT2D eigenvalue weighted by Gasteiger charge is -2.27. The van der Waals surface area contributed by atoms with Crippen LogP contribution in [0.15, 0.2) is 0 Å². The Morgan fingerprint density at radius 3 is 2.71 bits per heavy atom. The number of rotatable bonds is 3. The molecule has 0 radical (unpaired) electrons. The average molecular weight is 200 g/mol. The molecule has 0 aromatic carbocycles. The monoisotopic (exact) mass is 200 g/mol. The maximum atomic E-state index is 11.1. The summed E-state index contributed by atoms with van der Waals surface area (Å²) in [4.78, 5) is 22.0.